The number of hydrogen-bond donors (Lipinski definition) is 1. The Morgan fingerprint density at radius 1 is 1.41 bits per heavy atom. The van der Waals surface area contributed by atoms with Crippen LogP contribution in [0.2, 0.25) is 0 Å². The first-order valence-corrected chi connectivity index (χ1v) is 7.71. The van der Waals surface area contributed by atoms with Crippen LogP contribution in [0.4, 0.5) is 0 Å². The number of nitrogens with zero attached hydrogens (tertiary/aromatic N) is 2. The van der Waals surface area contributed by atoms with Crippen LogP contribution in [0.1, 0.15) is 43.2 Å². The SMILES string of the molecule is OCC1CCCc2nc(CC3CCCS3)cn21. The average molecular weight is 252 g/mol. The van der Waals surface area contributed by atoms with E-state index in [1.54, 1.807) is 0 Å². The van der Waals surface area contributed by atoms with Crippen molar-refractivity contribution in [2.24, 2.45) is 0 Å². The van der Waals surface area contributed by atoms with Gasteiger partial charge in [0, 0.05) is 24.3 Å². The van der Waals surface area contributed by atoms with E-state index in [9.17, 15) is 5.11 Å². The molecule has 0 aromatic carbocycles. The van der Waals surface area contributed by atoms with Crippen LogP contribution in [-0.4, -0.2) is 32.3 Å². The third kappa shape index (κ3) is 2.38. The Morgan fingerprint density at radius 2 is 2.35 bits per heavy atom. The lowest BCUT2D eigenvalue weighted by Crippen LogP contribution is -2.20. The second-order valence-corrected chi connectivity index (χ2v) is 6.53. The molecule has 0 spiro atoms. The summed E-state index contributed by atoms with van der Waals surface area (Å²) in [6.07, 6.45) is 9.35. The van der Waals surface area contributed by atoms with E-state index in [0.29, 0.717) is 0 Å². The molecule has 4 heteroatoms. The lowest BCUT2D eigenvalue weighted by atomic mass is 10.1. The summed E-state index contributed by atoms with van der Waals surface area (Å²) in [5.74, 6) is 2.51. The summed E-state index contributed by atoms with van der Waals surface area (Å²) in [4.78, 5) is 4.75. The summed E-state index contributed by atoms with van der Waals surface area (Å²) in [5, 5.41) is 10.2. The lowest BCUT2D eigenvalue weighted by molar-refractivity contribution is 0.206. The van der Waals surface area contributed by atoms with E-state index >= 15 is 0 Å². The van der Waals surface area contributed by atoms with Crippen LogP contribution in [0, 0.1) is 0 Å². The largest absolute Gasteiger partial charge is 0.394 e. The minimum absolute atomic E-state index is 0.251. The second-order valence-electron chi connectivity index (χ2n) is 5.12. The predicted molar refractivity (Wildman–Crippen MR) is 70.5 cm³/mol. The molecule has 1 saturated heterocycles. The molecular formula is C13H20N2OS. The molecule has 3 nitrogen and oxygen atoms in total. The molecule has 94 valence electrons. The number of hydrogen-bond acceptors (Lipinski definition) is 3. The van der Waals surface area contributed by atoms with Crippen LogP contribution in [-0.2, 0) is 12.8 Å². The van der Waals surface area contributed by atoms with E-state index in [-0.39, 0.29) is 12.6 Å². The van der Waals surface area contributed by atoms with Gasteiger partial charge in [0.15, 0.2) is 0 Å². The van der Waals surface area contributed by atoms with Crippen LogP contribution in [0.3, 0.4) is 0 Å². The summed E-state index contributed by atoms with van der Waals surface area (Å²) in [6, 6.07) is 0.274. The fourth-order valence-corrected chi connectivity index (χ4v) is 4.23. The van der Waals surface area contributed by atoms with Gasteiger partial charge in [0.05, 0.1) is 18.3 Å². The third-order valence-corrected chi connectivity index (χ3v) is 5.26. The smallest absolute Gasteiger partial charge is 0.109 e. The van der Waals surface area contributed by atoms with E-state index < -0.39 is 0 Å². The van der Waals surface area contributed by atoms with Gasteiger partial charge < -0.3 is 9.67 Å². The molecule has 3 heterocycles. The van der Waals surface area contributed by atoms with Crippen LogP contribution >= 0.6 is 11.8 Å². The topological polar surface area (TPSA) is 38.1 Å². The molecule has 1 aromatic heterocycles. The monoisotopic (exact) mass is 252 g/mol. The highest BCUT2D eigenvalue weighted by Crippen LogP contribution is 2.30. The first-order chi connectivity index (χ1) is 8.36. The molecule has 1 N–H and O–H groups in total. The number of thioether (sulfide) groups is 1. The summed E-state index contributed by atoms with van der Waals surface area (Å²) >= 11 is 2.09. The molecule has 2 aliphatic rings. The highest BCUT2D eigenvalue weighted by Gasteiger charge is 2.23. The molecule has 0 radical (unpaired) electrons. The Labute approximate surface area is 107 Å². The normalized spacial score (nSPS) is 28.3. The number of aromatic nitrogens is 2. The maximum absolute atomic E-state index is 9.38. The number of rotatable bonds is 3. The van der Waals surface area contributed by atoms with Crippen molar-refractivity contribution in [2.45, 2.75) is 49.8 Å². The van der Waals surface area contributed by atoms with Crippen LogP contribution < -0.4 is 0 Å². The summed E-state index contributed by atoms with van der Waals surface area (Å²) < 4.78 is 2.22. The summed E-state index contributed by atoms with van der Waals surface area (Å²) in [6.45, 7) is 0.251. The van der Waals surface area contributed by atoms with Gasteiger partial charge in [-0.25, -0.2) is 4.98 Å². The predicted octanol–water partition coefficient (Wildman–Crippen LogP) is 2.19. The molecule has 17 heavy (non-hydrogen) atoms. The number of aliphatic hydroxyl groups excluding tert-OH is 1. The van der Waals surface area contributed by atoms with E-state index in [1.807, 2.05) is 0 Å². The van der Waals surface area contributed by atoms with E-state index in [4.69, 9.17) is 4.98 Å². The zero-order valence-corrected chi connectivity index (χ0v) is 11.0. The third-order valence-electron chi connectivity index (χ3n) is 3.86. The van der Waals surface area contributed by atoms with Crippen LogP contribution in [0.5, 0.6) is 0 Å². The molecule has 0 saturated carbocycles. The minimum Gasteiger partial charge on any atom is -0.394 e. The van der Waals surface area contributed by atoms with Crippen molar-refractivity contribution >= 4 is 11.8 Å². The number of aryl methyl sites for hydroxylation is 1. The van der Waals surface area contributed by atoms with E-state index in [1.165, 1.54) is 36.5 Å². The van der Waals surface area contributed by atoms with Crippen LogP contribution in [0.25, 0.3) is 0 Å². The molecule has 0 aliphatic carbocycles. The standard InChI is InChI=1S/C13H20N2OS/c16-9-11-3-1-5-13-14-10(8-15(11)13)7-12-4-2-6-17-12/h8,11-12,16H,1-7,9H2. The molecule has 3 rings (SSSR count). The average Bonchev–Trinajstić information content (AvgIpc) is 2.97. The van der Waals surface area contributed by atoms with Crippen molar-refractivity contribution in [2.75, 3.05) is 12.4 Å². The zero-order chi connectivity index (χ0) is 11.7. The first-order valence-electron chi connectivity index (χ1n) is 6.66. The second kappa shape index (κ2) is 5.02. The summed E-state index contributed by atoms with van der Waals surface area (Å²) in [5.41, 5.74) is 1.24. The molecular weight excluding hydrogens is 232 g/mol. The number of aliphatic hydroxyl groups is 1. The maximum Gasteiger partial charge on any atom is 0.109 e. The Bertz CT molecular complexity index is 385. The quantitative estimate of drug-likeness (QED) is 0.896. The maximum atomic E-state index is 9.38. The fourth-order valence-electron chi connectivity index (χ4n) is 2.94. The van der Waals surface area contributed by atoms with Gasteiger partial charge in [0.1, 0.15) is 5.82 Å². The van der Waals surface area contributed by atoms with E-state index in [0.717, 1.165) is 24.5 Å². The van der Waals surface area contributed by atoms with Crippen molar-refractivity contribution in [3.63, 3.8) is 0 Å². The highest BCUT2D eigenvalue weighted by molar-refractivity contribution is 8.00. The number of fused-ring (bicyclic) bond motifs is 1. The minimum atomic E-state index is 0.251. The molecule has 2 atom stereocenters. The van der Waals surface area contributed by atoms with Gasteiger partial charge in [-0.05, 0) is 31.4 Å². The molecule has 0 bridgehead atoms. The molecule has 2 aliphatic heterocycles. The van der Waals surface area contributed by atoms with E-state index in [2.05, 4.69) is 22.5 Å². The van der Waals surface area contributed by atoms with Crippen molar-refractivity contribution < 1.29 is 5.11 Å². The van der Waals surface area contributed by atoms with Gasteiger partial charge in [-0.15, -0.1) is 0 Å². The Hall–Kier alpha value is -0.480. The molecule has 1 fully saturated rings. The molecule has 2 unspecified atom stereocenters. The van der Waals surface area contributed by atoms with Gasteiger partial charge in [0.25, 0.3) is 0 Å². The van der Waals surface area contributed by atoms with Crippen molar-refractivity contribution in [3.05, 3.63) is 17.7 Å². The first kappa shape index (κ1) is 11.6. The zero-order valence-electron chi connectivity index (χ0n) is 10.1. The van der Waals surface area contributed by atoms with Crippen molar-refractivity contribution in [1.82, 2.24) is 9.55 Å². The summed E-state index contributed by atoms with van der Waals surface area (Å²) in [7, 11) is 0. The van der Waals surface area contributed by atoms with Crippen LogP contribution in [0.15, 0.2) is 6.20 Å². The fraction of sp³-hybridized carbons (Fsp3) is 0.769. The van der Waals surface area contributed by atoms with Crippen molar-refractivity contribution in [3.8, 4) is 0 Å². The molecule has 1 aromatic rings. The van der Waals surface area contributed by atoms with Gasteiger partial charge in [-0.1, -0.05) is 0 Å². The Kier molecular flexibility index (Phi) is 3.43. The Morgan fingerprint density at radius 3 is 3.12 bits per heavy atom. The van der Waals surface area contributed by atoms with Gasteiger partial charge in [0.2, 0.25) is 0 Å². The van der Waals surface area contributed by atoms with Crippen molar-refractivity contribution in [1.29, 1.82) is 0 Å². The van der Waals surface area contributed by atoms with Gasteiger partial charge in [-0.2, -0.15) is 11.8 Å². The Balaban J connectivity index is 1.75. The van der Waals surface area contributed by atoms with Gasteiger partial charge in [-0.3, -0.25) is 0 Å². The number of imidazole rings is 1. The molecule has 0 amide bonds. The highest BCUT2D eigenvalue weighted by atomic mass is 32.2. The van der Waals surface area contributed by atoms with Gasteiger partial charge >= 0.3 is 0 Å². The lowest BCUT2D eigenvalue weighted by Gasteiger charge is -2.22.